The first kappa shape index (κ1) is 17.0. The summed E-state index contributed by atoms with van der Waals surface area (Å²) in [5.41, 5.74) is 1.10. The van der Waals surface area contributed by atoms with Crippen molar-refractivity contribution in [2.75, 3.05) is 26.2 Å². The quantitative estimate of drug-likeness (QED) is 0.847. The van der Waals surface area contributed by atoms with Gasteiger partial charge in [0.15, 0.2) is 0 Å². The maximum Gasteiger partial charge on any atom is 0.122 e. The van der Waals surface area contributed by atoms with Gasteiger partial charge in [-0.15, -0.1) is 0 Å². The van der Waals surface area contributed by atoms with Gasteiger partial charge in [-0.2, -0.15) is 5.10 Å². The van der Waals surface area contributed by atoms with Crippen molar-refractivity contribution < 1.29 is 9.84 Å². The molecule has 1 aromatic heterocycles. The van der Waals surface area contributed by atoms with Crippen molar-refractivity contribution in [3.05, 3.63) is 48.3 Å². The molecule has 130 valence electrons. The highest BCUT2D eigenvalue weighted by Crippen LogP contribution is 2.20. The van der Waals surface area contributed by atoms with E-state index in [4.69, 9.17) is 4.74 Å². The molecule has 0 saturated carbocycles. The average Bonchev–Trinajstić information content (AvgIpc) is 3.09. The first-order valence-electron chi connectivity index (χ1n) is 8.77. The molecule has 0 amide bonds. The Bertz CT molecular complexity index is 607. The molecule has 1 fully saturated rings. The fourth-order valence-electron chi connectivity index (χ4n) is 3.28. The van der Waals surface area contributed by atoms with Gasteiger partial charge in [0.25, 0.3) is 0 Å². The van der Waals surface area contributed by atoms with Gasteiger partial charge in [-0.25, -0.2) is 0 Å². The Morgan fingerprint density at radius 3 is 2.75 bits per heavy atom. The van der Waals surface area contributed by atoms with Crippen molar-refractivity contribution in [2.24, 2.45) is 5.92 Å². The lowest BCUT2D eigenvalue weighted by Crippen LogP contribution is -2.41. The van der Waals surface area contributed by atoms with Gasteiger partial charge in [0.2, 0.25) is 0 Å². The lowest BCUT2D eigenvalue weighted by molar-refractivity contribution is 0.0532. The summed E-state index contributed by atoms with van der Waals surface area (Å²) >= 11 is 0. The lowest BCUT2D eigenvalue weighted by atomic mass is 9.96. The summed E-state index contributed by atoms with van der Waals surface area (Å²) < 4.78 is 7.76. The van der Waals surface area contributed by atoms with E-state index in [2.05, 4.69) is 10.00 Å². The Morgan fingerprint density at radius 2 is 2.04 bits per heavy atom. The molecular formula is C19H27N3O2. The zero-order valence-electron chi connectivity index (χ0n) is 14.3. The number of aromatic nitrogens is 2. The Morgan fingerprint density at radius 1 is 1.25 bits per heavy atom. The van der Waals surface area contributed by atoms with Gasteiger partial charge in [0, 0.05) is 25.5 Å². The second-order valence-electron chi connectivity index (χ2n) is 6.70. The number of hydrogen-bond acceptors (Lipinski definition) is 4. The fourth-order valence-corrected chi connectivity index (χ4v) is 3.28. The predicted octanol–water partition coefficient (Wildman–Crippen LogP) is 2.34. The smallest absolute Gasteiger partial charge is 0.122 e. The first-order valence-corrected chi connectivity index (χ1v) is 8.77. The maximum absolute atomic E-state index is 10.2. The summed E-state index contributed by atoms with van der Waals surface area (Å²) in [6.45, 7) is 6.12. The van der Waals surface area contributed by atoms with Gasteiger partial charge in [-0.05, 0) is 56.5 Å². The van der Waals surface area contributed by atoms with Crippen molar-refractivity contribution in [2.45, 2.75) is 32.4 Å². The van der Waals surface area contributed by atoms with Gasteiger partial charge in [-0.1, -0.05) is 18.2 Å². The van der Waals surface area contributed by atoms with E-state index in [1.807, 2.05) is 54.3 Å². The second-order valence-corrected chi connectivity index (χ2v) is 6.70. The number of piperidine rings is 1. The summed E-state index contributed by atoms with van der Waals surface area (Å²) in [5.74, 6) is 1.54. The van der Waals surface area contributed by atoms with Crippen molar-refractivity contribution in [3.8, 4) is 5.75 Å². The molecule has 0 aliphatic carbocycles. The molecule has 1 atom stereocenters. The zero-order chi connectivity index (χ0) is 16.8. The van der Waals surface area contributed by atoms with Gasteiger partial charge in [0.1, 0.15) is 18.5 Å². The molecule has 0 bridgehead atoms. The van der Waals surface area contributed by atoms with Gasteiger partial charge < -0.3 is 14.7 Å². The SMILES string of the molecule is Cc1ccccc1OCC(O)CN1CCC(Cn2cccn2)CC1. The van der Waals surface area contributed by atoms with Crippen LogP contribution in [-0.2, 0) is 6.54 Å². The molecule has 5 nitrogen and oxygen atoms in total. The van der Waals surface area contributed by atoms with Crippen LogP contribution in [0.3, 0.4) is 0 Å². The highest BCUT2D eigenvalue weighted by atomic mass is 16.5. The van der Waals surface area contributed by atoms with E-state index in [1.54, 1.807) is 0 Å². The minimum atomic E-state index is -0.452. The second kappa shape index (κ2) is 8.31. The van der Waals surface area contributed by atoms with E-state index in [-0.39, 0.29) is 0 Å². The molecule has 1 saturated heterocycles. The number of β-amino-alcohol motifs (C(OH)–C–C–N with tert-alkyl or cyclic N) is 1. The van der Waals surface area contributed by atoms with Crippen LogP contribution >= 0.6 is 0 Å². The van der Waals surface area contributed by atoms with E-state index >= 15 is 0 Å². The molecule has 24 heavy (non-hydrogen) atoms. The van der Waals surface area contributed by atoms with Gasteiger partial charge >= 0.3 is 0 Å². The number of benzene rings is 1. The molecule has 1 aliphatic rings. The monoisotopic (exact) mass is 329 g/mol. The van der Waals surface area contributed by atoms with Crippen molar-refractivity contribution >= 4 is 0 Å². The molecule has 1 unspecified atom stereocenters. The van der Waals surface area contributed by atoms with Crippen LogP contribution in [0, 0.1) is 12.8 Å². The van der Waals surface area contributed by atoms with Crippen LogP contribution in [0.25, 0.3) is 0 Å². The van der Waals surface area contributed by atoms with Crippen LogP contribution in [0.5, 0.6) is 5.75 Å². The number of aryl methyl sites for hydroxylation is 1. The summed E-state index contributed by atoms with van der Waals surface area (Å²) in [7, 11) is 0. The predicted molar refractivity (Wildman–Crippen MR) is 94.1 cm³/mol. The first-order chi connectivity index (χ1) is 11.7. The maximum atomic E-state index is 10.2. The highest BCUT2D eigenvalue weighted by molar-refractivity contribution is 5.31. The molecule has 1 aliphatic heterocycles. The van der Waals surface area contributed by atoms with E-state index in [0.717, 1.165) is 43.8 Å². The number of likely N-dealkylation sites (tertiary alicyclic amines) is 1. The molecule has 1 aromatic carbocycles. The molecular weight excluding hydrogens is 302 g/mol. The van der Waals surface area contributed by atoms with Crippen LogP contribution in [0.4, 0.5) is 0 Å². The number of rotatable bonds is 7. The fraction of sp³-hybridized carbons (Fsp3) is 0.526. The molecule has 5 heteroatoms. The highest BCUT2D eigenvalue weighted by Gasteiger charge is 2.21. The van der Waals surface area contributed by atoms with Crippen LogP contribution in [0.15, 0.2) is 42.7 Å². The molecule has 1 N–H and O–H groups in total. The van der Waals surface area contributed by atoms with Crippen molar-refractivity contribution in [1.29, 1.82) is 0 Å². The van der Waals surface area contributed by atoms with Crippen molar-refractivity contribution in [3.63, 3.8) is 0 Å². The van der Waals surface area contributed by atoms with Crippen LogP contribution in [0.1, 0.15) is 18.4 Å². The minimum absolute atomic E-state index is 0.345. The van der Waals surface area contributed by atoms with Crippen LogP contribution in [0.2, 0.25) is 0 Å². The van der Waals surface area contributed by atoms with E-state index in [9.17, 15) is 5.11 Å². The van der Waals surface area contributed by atoms with E-state index < -0.39 is 6.10 Å². The molecule has 2 heterocycles. The summed E-state index contributed by atoms with van der Waals surface area (Å²) in [6, 6.07) is 9.89. The largest absolute Gasteiger partial charge is 0.491 e. The van der Waals surface area contributed by atoms with E-state index in [0.29, 0.717) is 19.1 Å². The number of nitrogens with zero attached hydrogens (tertiary/aromatic N) is 3. The van der Waals surface area contributed by atoms with Gasteiger partial charge in [-0.3, -0.25) is 4.68 Å². The number of para-hydroxylation sites is 1. The summed E-state index contributed by atoms with van der Waals surface area (Å²) in [5, 5.41) is 14.5. The normalized spacial score (nSPS) is 17.8. The molecule has 0 spiro atoms. The third kappa shape index (κ3) is 4.82. The van der Waals surface area contributed by atoms with Crippen LogP contribution in [-0.4, -0.2) is 52.1 Å². The Kier molecular flexibility index (Phi) is 5.88. The molecule has 2 aromatic rings. The lowest BCUT2D eigenvalue weighted by Gasteiger charge is -2.33. The molecule has 0 radical (unpaired) electrons. The number of hydrogen-bond donors (Lipinski definition) is 1. The Labute approximate surface area is 143 Å². The number of aliphatic hydroxyl groups is 1. The Hall–Kier alpha value is -1.85. The van der Waals surface area contributed by atoms with E-state index in [1.165, 1.54) is 0 Å². The number of ether oxygens (including phenoxy) is 1. The summed E-state index contributed by atoms with van der Waals surface area (Å²) in [6.07, 6.45) is 5.72. The topological polar surface area (TPSA) is 50.5 Å². The third-order valence-electron chi connectivity index (χ3n) is 4.71. The Balaban J connectivity index is 1.37. The third-order valence-corrected chi connectivity index (χ3v) is 4.71. The van der Waals surface area contributed by atoms with Gasteiger partial charge in [0.05, 0.1) is 0 Å². The zero-order valence-corrected chi connectivity index (χ0v) is 14.3. The standard InChI is InChI=1S/C19H27N3O2/c1-16-5-2-3-6-19(16)24-15-18(23)14-21-11-7-17(8-12-21)13-22-10-4-9-20-22/h2-6,9-10,17-18,23H,7-8,11-15H2,1H3. The summed E-state index contributed by atoms with van der Waals surface area (Å²) in [4.78, 5) is 2.34. The molecule has 3 rings (SSSR count). The van der Waals surface area contributed by atoms with Crippen LogP contribution < -0.4 is 4.74 Å². The average molecular weight is 329 g/mol. The number of aliphatic hydroxyl groups excluding tert-OH is 1. The minimum Gasteiger partial charge on any atom is -0.491 e. The van der Waals surface area contributed by atoms with Crippen molar-refractivity contribution in [1.82, 2.24) is 14.7 Å².